The van der Waals surface area contributed by atoms with Crippen LogP contribution in [-0.4, -0.2) is 43.8 Å². The summed E-state index contributed by atoms with van der Waals surface area (Å²) in [6, 6.07) is 18.4. The molecule has 0 fully saturated rings. The van der Waals surface area contributed by atoms with Crippen LogP contribution >= 0.6 is 0 Å². The molecule has 0 heterocycles. The summed E-state index contributed by atoms with van der Waals surface area (Å²) >= 11 is 0. The van der Waals surface area contributed by atoms with E-state index in [9.17, 15) is 4.79 Å². The van der Waals surface area contributed by atoms with Crippen LogP contribution in [0.1, 0.15) is 82.8 Å². The lowest BCUT2D eigenvalue weighted by Gasteiger charge is -2.36. The first-order valence-corrected chi connectivity index (χ1v) is 13.7. The van der Waals surface area contributed by atoms with E-state index in [-0.39, 0.29) is 18.6 Å². The van der Waals surface area contributed by atoms with E-state index < -0.39 is 0 Å². The van der Waals surface area contributed by atoms with Crippen molar-refractivity contribution in [2.75, 3.05) is 27.3 Å². The van der Waals surface area contributed by atoms with Crippen LogP contribution in [0.3, 0.4) is 0 Å². The lowest BCUT2D eigenvalue weighted by atomic mass is 10.0. The second-order valence-electron chi connectivity index (χ2n) is 10.2. The highest BCUT2D eigenvalue weighted by atomic mass is 16.6. The summed E-state index contributed by atoms with van der Waals surface area (Å²) in [5, 5.41) is 0. The van der Waals surface area contributed by atoms with Gasteiger partial charge in [0, 0.05) is 12.0 Å². The fraction of sp³-hybridized carbons (Fsp3) is 0.581. The van der Waals surface area contributed by atoms with Gasteiger partial charge < -0.3 is 14.0 Å². The smallest absolute Gasteiger partial charge is 0.365 e. The molecule has 4 nitrogen and oxygen atoms in total. The molecule has 2 aromatic carbocycles. The molecule has 2 aromatic rings. The average Bonchev–Trinajstić information content (AvgIpc) is 2.85. The zero-order valence-corrected chi connectivity index (χ0v) is 22.6. The molecule has 0 aromatic heterocycles. The molecule has 0 aliphatic carbocycles. The second kappa shape index (κ2) is 16.4. The van der Waals surface area contributed by atoms with Crippen molar-refractivity contribution in [2.24, 2.45) is 0 Å². The van der Waals surface area contributed by atoms with Gasteiger partial charge in [-0.1, -0.05) is 101 Å². The predicted molar refractivity (Wildman–Crippen MR) is 146 cm³/mol. The summed E-state index contributed by atoms with van der Waals surface area (Å²) in [6.07, 6.45) is 11.9. The van der Waals surface area contributed by atoms with Crippen LogP contribution in [0, 0.1) is 0 Å². The van der Waals surface area contributed by atoms with Gasteiger partial charge in [-0.15, -0.1) is 0 Å². The van der Waals surface area contributed by atoms with E-state index in [0.29, 0.717) is 11.1 Å². The Kier molecular flexibility index (Phi) is 13.5. The number of quaternary nitrogens is 1. The molecule has 0 saturated carbocycles. The number of ether oxygens (including phenoxy) is 2. The summed E-state index contributed by atoms with van der Waals surface area (Å²) < 4.78 is 12.3. The standard InChI is InChI=1S/C31H48NO3/c1-5-7-8-9-10-11-15-21-28-22-16-17-23-30(28)34-24-25-35-31(33)29(18-6-2)32(3,4)26-27-19-13-12-14-20-27/h12-14,16-17,19-20,22-23,29H,5-11,15,18,21,24-26H2,1-4H3/q+1. The van der Waals surface area contributed by atoms with Crippen molar-refractivity contribution in [2.45, 2.75) is 90.6 Å². The van der Waals surface area contributed by atoms with Crippen molar-refractivity contribution in [1.82, 2.24) is 0 Å². The molecule has 4 heteroatoms. The maximum absolute atomic E-state index is 13.0. The highest BCUT2D eigenvalue weighted by molar-refractivity contribution is 5.74. The van der Waals surface area contributed by atoms with Gasteiger partial charge in [0.05, 0.1) is 14.1 Å². The van der Waals surface area contributed by atoms with Gasteiger partial charge in [-0.05, 0) is 30.9 Å². The molecule has 1 unspecified atom stereocenters. The molecule has 2 rings (SSSR count). The summed E-state index contributed by atoms with van der Waals surface area (Å²) in [4.78, 5) is 13.0. The van der Waals surface area contributed by atoms with Crippen molar-refractivity contribution in [3.05, 3.63) is 65.7 Å². The third-order valence-corrected chi connectivity index (χ3v) is 6.72. The van der Waals surface area contributed by atoms with E-state index >= 15 is 0 Å². The monoisotopic (exact) mass is 482 g/mol. The molecule has 0 saturated heterocycles. The maximum atomic E-state index is 13.0. The molecule has 0 radical (unpaired) electrons. The van der Waals surface area contributed by atoms with E-state index in [2.05, 4.69) is 52.2 Å². The normalized spacial score (nSPS) is 12.3. The Labute approximate surface area is 214 Å². The number of likely N-dealkylation sites (N-methyl/N-ethyl adjacent to an activating group) is 1. The fourth-order valence-electron chi connectivity index (χ4n) is 4.70. The molecular formula is C31H48NO3+. The highest BCUT2D eigenvalue weighted by Gasteiger charge is 2.35. The van der Waals surface area contributed by atoms with E-state index in [1.54, 1.807) is 0 Å². The van der Waals surface area contributed by atoms with Gasteiger partial charge in [-0.2, -0.15) is 0 Å². The quantitative estimate of drug-likeness (QED) is 0.127. The number of nitrogens with zero attached hydrogens (tertiary/aromatic N) is 1. The number of carbonyl (C=O) groups excluding carboxylic acids is 1. The summed E-state index contributed by atoms with van der Waals surface area (Å²) in [6.45, 7) is 5.82. The minimum absolute atomic E-state index is 0.132. The topological polar surface area (TPSA) is 35.5 Å². The Morgan fingerprint density at radius 1 is 0.800 bits per heavy atom. The van der Waals surface area contributed by atoms with Crippen LogP contribution in [0.25, 0.3) is 0 Å². The number of rotatable bonds is 18. The van der Waals surface area contributed by atoms with E-state index in [4.69, 9.17) is 9.47 Å². The van der Waals surface area contributed by atoms with Gasteiger partial charge in [0.1, 0.15) is 25.5 Å². The minimum atomic E-state index is -0.190. The molecular weight excluding hydrogens is 434 g/mol. The number of unbranched alkanes of at least 4 members (excludes halogenated alkanes) is 6. The van der Waals surface area contributed by atoms with Gasteiger partial charge in [0.15, 0.2) is 6.04 Å². The lowest BCUT2D eigenvalue weighted by molar-refractivity contribution is -0.920. The van der Waals surface area contributed by atoms with E-state index in [1.165, 1.54) is 56.1 Å². The SMILES string of the molecule is CCCCCCCCCc1ccccc1OCCOC(=O)C(CCC)[N+](C)(C)Cc1ccccc1. The number of esters is 1. The number of benzene rings is 2. The van der Waals surface area contributed by atoms with Gasteiger partial charge >= 0.3 is 5.97 Å². The van der Waals surface area contributed by atoms with Crippen molar-refractivity contribution < 1.29 is 18.8 Å². The zero-order chi connectivity index (χ0) is 25.4. The van der Waals surface area contributed by atoms with Crippen molar-refractivity contribution in [1.29, 1.82) is 0 Å². The van der Waals surface area contributed by atoms with Crippen LogP contribution in [0.4, 0.5) is 0 Å². The Morgan fingerprint density at radius 3 is 2.17 bits per heavy atom. The average molecular weight is 483 g/mol. The molecule has 0 N–H and O–H groups in total. The first-order valence-electron chi connectivity index (χ1n) is 13.7. The molecule has 0 bridgehead atoms. The van der Waals surface area contributed by atoms with Gasteiger partial charge in [0.25, 0.3) is 0 Å². The molecule has 194 valence electrons. The van der Waals surface area contributed by atoms with Crippen molar-refractivity contribution >= 4 is 5.97 Å². The number of aryl methyl sites for hydroxylation is 1. The third kappa shape index (κ3) is 10.9. The molecule has 35 heavy (non-hydrogen) atoms. The minimum Gasteiger partial charge on any atom is -0.490 e. The van der Waals surface area contributed by atoms with Crippen LogP contribution in [0.15, 0.2) is 54.6 Å². The predicted octanol–water partition coefficient (Wildman–Crippen LogP) is 7.35. The van der Waals surface area contributed by atoms with E-state index in [1.807, 2.05) is 30.3 Å². The third-order valence-electron chi connectivity index (χ3n) is 6.72. The van der Waals surface area contributed by atoms with Crippen LogP contribution in [-0.2, 0) is 22.5 Å². The van der Waals surface area contributed by atoms with Gasteiger partial charge in [-0.25, -0.2) is 4.79 Å². The van der Waals surface area contributed by atoms with Crippen LogP contribution in [0.5, 0.6) is 5.75 Å². The summed E-state index contributed by atoms with van der Waals surface area (Å²) in [7, 11) is 4.23. The number of hydrogen-bond donors (Lipinski definition) is 0. The van der Waals surface area contributed by atoms with Crippen molar-refractivity contribution in [3.63, 3.8) is 0 Å². The number of para-hydroxylation sites is 1. The molecule has 0 amide bonds. The largest absolute Gasteiger partial charge is 0.490 e. The molecule has 0 aliphatic heterocycles. The Morgan fingerprint density at radius 2 is 1.46 bits per heavy atom. The summed E-state index contributed by atoms with van der Waals surface area (Å²) in [5.74, 6) is 0.785. The zero-order valence-electron chi connectivity index (χ0n) is 22.6. The van der Waals surface area contributed by atoms with E-state index in [0.717, 1.165) is 31.6 Å². The molecule has 0 spiro atoms. The maximum Gasteiger partial charge on any atom is 0.365 e. The van der Waals surface area contributed by atoms with Gasteiger partial charge in [-0.3, -0.25) is 0 Å². The first-order chi connectivity index (χ1) is 17.0. The molecule has 0 aliphatic rings. The number of carbonyl (C=O) groups is 1. The van der Waals surface area contributed by atoms with Crippen molar-refractivity contribution in [3.8, 4) is 5.75 Å². The van der Waals surface area contributed by atoms with Gasteiger partial charge in [0.2, 0.25) is 0 Å². The Bertz CT molecular complexity index is 834. The lowest BCUT2D eigenvalue weighted by Crippen LogP contribution is -2.53. The van der Waals surface area contributed by atoms with Crippen LogP contribution < -0.4 is 4.74 Å². The number of hydrogen-bond acceptors (Lipinski definition) is 3. The fourth-order valence-corrected chi connectivity index (χ4v) is 4.70. The molecule has 1 atom stereocenters. The summed E-state index contributed by atoms with van der Waals surface area (Å²) in [5.41, 5.74) is 2.48. The Balaban J connectivity index is 1.79. The van der Waals surface area contributed by atoms with Crippen LogP contribution in [0.2, 0.25) is 0 Å². The second-order valence-corrected chi connectivity index (χ2v) is 10.2. The highest BCUT2D eigenvalue weighted by Crippen LogP contribution is 2.22. The Hall–Kier alpha value is -2.33. The first kappa shape index (κ1) is 28.9.